The van der Waals surface area contributed by atoms with E-state index in [-0.39, 0.29) is 18.2 Å². The molecule has 134 valence electrons. The van der Waals surface area contributed by atoms with E-state index in [1.165, 1.54) is 47.5 Å². The van der Waals surface area contributed by atoms with E-state index in [4.69, 9.17) is 4.52 Å². The maximum atomic E-state index is 12.3. The first-order valence-electron chi connectivity index (χ1n) is 8.67. The van der Waals surface area contributed by atoms with Crippen LogP contribution in [0.2, 0.25) is 0 Å². The Morgan fingerprint density at radius 3 is 2.64 bits per heavy atom. The average molecular weight is 361 g/mol. The summed E-state index contributed by atoms with van der Waals surface area (Å²) < 4.78 is 5.04. The standard InChI is InChI=1S/C18H23N3O3S/c1-11-14(12(2)24-21-11)10-17(22)19-20-18(23)16-9-13-7-5-3-4-6-8-15(13)25-16/h9H,3-8,10H2,1-2H3,(H,19,22)(H,20,23). The summed E-state index contributed by atoms with van der Waals surface area (Å²) in [7, 11) is 0. The van der Waals surface area contributed by atoms with Gasteiger partial charge in [-0.15, -0.1) is 11.3 Å². The summed E-state index contributed by atoms with van der Waals surface area (Å²) >= 11 is 1.54. The minimum atomic E-state index is -0.294. The van der Waals surface area contributed by atoms with E-state index in [9.17, 15) is 9.59 Å². The van der Waals surface area contributed by atoms with Crippen molar-refractivity contribution in [2.75, 3.05) is 0 Å². The molecule has 0 radical (unpaired) electrons. The van der Waals surface area contributed by atoms with Gasteiger partial charge in [0, 0.05) is 10.4 Å². The number of aryl methyl sites for hydroxylation is 4. The normalized spacial score (nSPS) is 14.3. The Balaban J connectivity index is 1.57. The monoisotopic (exact) mass is 361 g/mol. The van der Waals surface area contributed by atoms with E-state index in [0.717, 1.165) is 18.4 Å². The zero-order chi connectivity index (χ0) is 17.8. The Bertz CT molecular complexity index is 734. The van der Waals surface area contributed by atoms with Crippen molar-refractivity contribution in [1.82, 2.24) is 16.0 Å². The van der Waals surface area contributed by atoms with Crippen LogP contribution in [-0.2, 0) is 24.1 Å². The summed E-state index contributed by atoms with van der Waals surface area (Å²) in [4.78, 5) is 26.3. The average Bonchev–Trinajstić information content (AvgIpc) is 3.10. The lowest BCUT2D eigenvalue weighted by Crippen LogP contribution is -2.42. The zero-order valence-corrected chi connectivity index (χ0v) is 15.4. The van der Waals surface area contributed by atoms with Gasteiger partial charge in [-0.3, -0.25) is 20.4 Å². The Morgan fingerprint density at radius 2 is 1.92 bits per heavy atom. The van der Waals surface area contributed by atoms with Crippen molar-refractivity contribution >= 4 is 23.2 Å². The first-order valence-corrected chi connectivity index (χ1v) is 9.48. The predicted octanol–water partition coefficient (Wildman–Crippen LogP) is 3.02. The van der Waals surface area contributed by atoms with E-state index in [2.05, 4.69) is 16.0 Å². The molecule has 0 spiro atoms. The maximum absolute atomic E-state index is 12.3. The highest BCUT2D eigenvalue weighted by atomic mass is 32.1. The highest BCUT2D eigenvalue weighted by Gasteiger charge is 2.17. The lowest BCUT2D eigenvalue weighted by atomic mass is 10.00. The summed E-state index contributed by atoms with van der Waals surface area (Å²) in [5, 5.41) is 3.82. The van der Waals surface area contributed by atoms with Crippen LogP contribution in [0.25, 0.3) is 0 Å². The molecule has 2 N–H and O–H groups in total. The van der Waals surface area contributed by atoms with Gasteiger partial charge < -0.3 is 4.52 Å². The number of carbonyl (C=O) groups is 2. The third-order valence-electron chi connectivity index (χ3n) is 4.55. The quantitative estimate of drug-likeness (QED) is 0.823. The minimum absolute atomic E-state index is 0.127. The van der Waals surface area contributed by atoms with Gasteiger partial charge in [0.1, 0.15) is 5.76 Å². The molecule has 1 aliphatic carbocycles. The number of fused-ring (bicyclic) bond motifs is 1. The summed E-state index contributed by atoms with van der Waals surface area (Å²) in [6, 6.07) is 1.97. The Labute approximate surface area is 150 Å². The van der Waals surface area contributed by atoms with Crippen molar-refractivity contribution in [3.63, 3.8) is 0 Å². The minimum Gasteiger partial charge on any atom is -0.361 e. The maximum Gasteiger partial charge on any atom is 0.279 e. The first kappa shape index (κ1) is 17.7. The van der Waals surface area contributed by atoms with E-state index in [1.54, 1.807) is 13.8 Å². The predicted molar refractivity (Wildman–Crippen MR) is 95.5 cm³/mol. The van der Waals surface area contributed by atoms with E-state index in [1.807, 2.05) is 6.07 Å². The number of amides is 2. The number of hydrogen-bond acceptors (Lipinski definition) is 5. The molecule has 0 bridgehead atoms. The molecule has 0 aliphatic heterocycles. The SMILES string of the molecule is Cc1noc(C)c1CC(=O)NNC(=O)c1cc2c(s1)CCCCCC2. The van der Waals surface area contributed by atoms with Crippen LogP contribution < -0.4 is 10.9 Å². The molecule has 0 aromatic carbocycles. The number of nitrogens with one attached hydrogen (secondary N) is 2. The molecule has 2 aromatic rings. The van der Waals surface area contributed by atoms with Crippen LogP contribution in [0.4, 0.5) is 0 Å². The Morgan fingerprint density at radius 1 is 1.16 bits per heavy atom. The zero-order valence-electron chi connectivity index (χ0n) is 14.6. The van der Waals surface area contributed by atoms with Gasteiger partial charge in [0.25, 0.3) is 5.91 Å². The molecular formula is C18H23N3O3S. The summed E-state index contributed by atoms with van der Waals surface area (Å²) in [5.74, 6) is 0.0681. The highest BCUT2D eigenvalue weighted by Crippen LogP contribution is 2.28. The Hall–Kier alpha value is -2.15. The molecule has 2 amide bonds. The van der Waals surface area contributed by atoms with Crippen molar-refractivity contribution in [2.24, 2.45) is 0 Å². The van der Waals surface area contributed by atoms with E-state index >= 15 is 0 Å². The number of nitrogens with zero attached hydrogens (tertiary/aromatic N) is 1. The second-order valence-corrected chi connectivity index (χ2v) is 7.59. The van der Waals surface area contributed by atoms with Crippen LogP contribution in [-0.4, -0.2) is 17.0 Å². The molecule has 0 fully saturated rings. The van der Waals surface area contributed by atoms with Crippen LogP contribution in [0.1, 0.15) is 62.8 Å². The number of carbonyl (C=O) groups excluding carboxylic acids is 2. The van der Waals surface area contributed by atoms with Crippen molar-refractivity contribution in [2.45, 2.75) is 58.8 Å². The Kier molecular flexibility index (Phi) is 5.53. The number of hydrogen-bond donors (Lipinski definition) is 2. The molecule has 0 saturated heterocycles. The van der Waals surface area contributed by atoms with Gasteiger partial charge in [-0.05, 0) is 51.2 Å². The number of rotatable bonds is 3. The molecular weight excluding hydrogens is 338 g/mol. The number of aromatic nitrogens is 1. The van der Waals surface area contributed by atoms with Gasteiger partial charge in [-0.2, -0.15) is 0 Å². The lowest BCUT2D eigenvalue weighted by Gasteiger charge is -2.07. The molecule has 0 unspecified atom stereocenters. The molecule has 2 heterocycles. The fourth-order valence-corrected chi connectivity index (χ4v) is 4.25. The number of hydrazine groups is 1. The molecule has 0 atom stereocenters. The number of thiophene rings is 1. The lowest BCUT2D eigenvalue weighted by molar-refractivity contribution is -0.121. The van der Waals surface area contributed by atoms with Crippen molar-refractivity contribution in [3.05, 3.63) is 38.4 Å². The van der Waals surface area contributed by atoms with Gasteiger partial charge in [-0.1, -0.05) is 18.0 Å². The topological polar surface area (TPSA) is 84.2 Å². The molecule has 6 nitrogen and oxygen atoms in total. The molecule has 0 saturated carbocycles. The molecule has 25 heavy (non-hydrogen) atoms. The summed E-state index contributed by atoms with van der Waals surface area (Å²) in [6.45, 7) is 3.56. The first-order chi connectivity index (χ1) is 12.0. The summed E-state index contributed by atoms with van der Waals surface area (Å²) in [5.41, 5.74) is 7.72. The van der Waals surface area contributed by atoms with Crippen LogP contribution in [0, 0.1) is 13.8 Å². The van der Waals surface area contributed by atoms with Crippen molar-refractivity contribution < 1.29 is 14.1 Å². The van der Waals surface area contributed by atoms with Gasteiger partial charge in [0.15, 0.2) is 0 Å². The van der Waals surface area contributed by atoms with Crippen LogP contribution >= 0.6 is 11.3 Å². The molecule has 3 rings (SSSR count). The smallest absolute Gasteiger partial charge is 0.279 e. The van der Waals surface area contributed by atoms with E-state index in [0.29, 0.717) is 16.3 Å². The third kappa shape index (κ3) is 4.28. The van der Waals surface area contributed by atoms with Gasteiger partial charge in [-0.25, -0.2) is 0 Å². The van der Waals surface area contributed by atoms with Gasteiger partial charge >= 0.3 is 0 Å². The highest BCUT2D eigenvalue weighted by molar-refractivity contribution is 7.14. The van der Waals surface area contributed by atoms with E-state index < -0.39 is 0 Å². The van der Waals surface area contributed by atoms with Crippen LogP contribution in [0.15, 0.2) is 10.6 Å². The van der Waals surface area contributed by atoms with Crippen molar-refractivity contribution in [1.29, 1.82) is 0 Å². The second-order valence-electron chi connectivity index (χ2n) is 6.46. The largest absolute Gasteiger partial charge is 0.361 e. The summed E-state index contributed by atoms with van der Waals surface area (Å²) in [6.07, 6.45) is 7.10. The van der Waals surface area contributed by atoms with Crippen LogP contribution in [0.5, 0.6) is 0 Å². The van der Waals surface area contributed by atoms with Gasteiger partial charge in [0.05, 0.1) is 17.0 Å². The molecule has 7 heteroatoms. The molecule has 1 aliphatic rings. The fraction of sp³-hybridized carbons (Fsp3) is 0.500. The molecule has 2 aromatic heterocycles. The third-order valence-corrected chi connectivity index (χ3v) is 5.79. The van der Waals surface area contributed by atoms with Crippen molar-refractivity contribution in [3.8, 4) is 0 Å². The second kappa shape index (κ2) is 7.82. The van der Waals surface area contributed by atoms with Crippen LogP contribution in [0.3, 0.4) is 0 Å². The fourth-order valence-electron chi connectivity index (χ4n) is 3.10. The van der Waals surface area contributed by atoms with Gasteiger partial charge in [0.2, 0.25) is 5.91 Å².